The Labute approximate surface area is 168 Å². The summed E-state index contributed by atoms with van der Waals surface area (Å²) in [6.45, 7) is 0. The predicted octanol–water partition coefficient (Wildman–Crippen LogP) is 3.82. The van der Waals surface area contributed by atoms with Gasteiger partial charge in [0.25, 0.3) is 15.8 Å². The van der Waals surface area contributed by atoms with Crippen molar-refractivity contribution in [1.82, 2.24) is 0 Å². The third-order valence-corrected chi connectivity index (χ3v) is 4.53. The summed E-state index contributed by atoms with van der Waals surface area (Å²) in [6.07, 6.45) is 0. The number of nitro groups is 1. The van der Waals surface area contributed by atoms with Crippen LogP contribution in [0.1, 0.15) is 0 Å². The van der Waals surface area contributed by atoms with Crippen molar-refractivity contribution in [3.8, 4) is 11.5 Å². The van der Waals surface area contributed by atoms with Crippen LogP contribution < -0.4 is 0 Å². The number of nitro benzene ring substituents is 1. The molecule has 12 heteroatoms. The maximum absolute atomic E-state index is 11.3. The summed E-state index contributed by atoms with van der Waals surface area (Å²) in [5.74, 6) is -1.25. The first kappa shape index (κ1) is 21.3. The third kappa shape index (κ3) is 4.10. The molecule has 0 bridgehead atoms. The van der Waals surface area contributed by atoms with Gasteiger partial charge in [-0.25, -0.2) is 0 Å². The molecule has 0 atom stereocenters. The monoisotopic (exact) mass is 441 g/mol. The van der Waals surface area contributed by atoms with E-state index < -0.39 is 37.1 Å². The molecular weight excluding hydrogens is 430 g/mol. The molecule has 3 N–H and O–H groups in total. The average Bonchev–Trinajstić information content (AvgIpc) is 2.60. The zero-order chi connectivity index (χ0) is 19.8. The molecule has 0 unspecified atom stereocenters. The summed E-state index contributed by atoms with van der Waals surface area (Å²) in [5, 5.41) is 39.7. The Kier molecular flexibility index (Phi) is 6.01. The number of hydrogen-bond acceptors (Lipinski definition) is 8. The molecule has 0 heterocycles. The van der Waals surface area contributed by atoms with Gasteiger partial charge in [-0.05, 0) is 11.5 Å². The van der Waals surface area contributed by atoms with Crippen LogP contribution >= 0.6 is 0 Å². The van der Waals surface area contributed by atoms with Crippen molar-refractivity contribution in [3.63, 3.8) is 0 Å². The fourth-order valence-corrected chi connectivity index (χ4v) is 3.03. The van der Waals surface area contributed by atoms with E-state index in [4.69, 9.17) is 4.55 Å². The SMILES string of the molecule is O=[N+]([O-])c1cc(N=Nc2c(O)ccc3ccccc23)c(O)c(S(=O)(=O)O)c1.[Cr+2]. The Balaban J connectivity index is 0.00000280. The van der Waals surface area contributed by atoms with E-state index in [0.717, 1.165) is 11.5 Å². The predicted molar refractivity (Wildman–Crippen MR) is 94.4 cm³/mol. The summed E-state index contributed by atoms with van der Waals surface area (Å²) >= 11 is 0. The number of azo groups is 1. The zero-order valence-electron chi connectivity index (χ0n) is 13.8. The van der Waals surface area contributed by atoms with E-state index in [1.165, 1.54) is 6.07 Å². The van der Waals surface area contributed by atoms with Gasteiger partial charge < -0.3 is 10.2 Å². The van der Waals surface area contributed by atoms with E-state index in [9.17, 15) is 28.7 Å². The molecular formula is C16H11CrN3O7S+2. The Morgan fingerprint density at radius 2 is 1.68 bits per heavy atom. The minimum absolute atomic E-state index is 0. The van der Waals surface area contributed by atoms with Crippen molar-refractivity contribution in [3.05, 3.63) is 58.6 Å². The van der Waals surface area contributed by atoms with Crippen molar-refractivity contribution >= 4 is 38.0 Å². The molecule has 0 saturated carbocycles. The largest absolute Gasteiger partial charge is 2.00 e. The standard InChI is InChI=1S/C16H11N3O7S.Cr/c20-13-6-5-9-3-1-2-4-11(9)15(13)18-17-12-7-10(19(22)23)8-14(16(12)21)27(24,25)26;/h1-8,20-21H,(H,24,25,26);/q;+2. The Morgan fingerprint density at radius 3 is 2.32 bits per heavy atom. The molecule has 0 aliphatic carbocycles. The first-order valence-electron chi connectivity index (χ1n) is 7.30. The van der Waals surface area contributed by atoms with Gasteiger partial charge in [0.2, 0.25) is 0 Å². The molecule has 0 saturated heterocycles. The number of non-ortho nitro benzene ring substituents is 1. The van der Waals surface area contributed by atoms with Crippen LogP contribution in [0.5, 0.6) is 11.5 Å². The molecule has 0 amide bonds. The number of fused-ring (bicyclic) bond motifs is 1. The molecule has 28 heavy (non-hydrogen) atoms. The van der Waals surface area contributed by atoms with E-state index in [1.807, 2.05) is 0 Å². The molecule has 10 nitrogen and oxygen atoms in total. The molecule has 0 fully saturated rings. The Morgan fingerprint density at radius 1 is 1.00 bits per heavy atom. The molecule has 3 aromatic carbocycles. The molecule has 0 aromatic heterocycles. The second kappa shape index (κ2) is 7.91. The van der Waals surface area contributed by atoms with Crippen LogP contribution in [0.4, 0.5) is 17.1 Å². The second-order valence-corrected chi connectivity index (χ2v) is 6.79. The van der Waals surface area contributed by atoms with Crippen LogP contribution in [0.2, 0.25) is 0 Å². The molecule has 0 aliphatic heterocycles. The molecule has 3 aromatic rings. The molecule has 0 aliphatic rings. The number of phenols is 2. The van der Waals surface area contributed by atoms with Crippen LogP contribution in [0.25, 0.3) is 10.8 Å². The van der Waals surface area contributed by atoms with Crippen LogP contribution in [0.3, 0.4) is 0 Å². The van der Waals surface area contributed by atoms with Gasteiger partial charge in [-0.3, -0.25) is 14.7 Å². The number of rotatable bonds is 4. The quantitative estimate of drug-likeness (QED) is 0.240. The first-order valence-corrected chi connectivity index (χ1v) is 8.74. The topological polar surface area (TPSA) is 163 Å². The maximum atomic E-state index is 11.3. The van der Waals surface area contributed by atoms with Gasteiger partial charge in [-0.2, -0.15) is 8.42 Å². The fourth-order valence-electron chi connectivity index (χ4n) is 2.41. The summed E-state index contributed by atoms with van der Waals surface area (Å²) < 4.78 is 31.8. The first-order chi connectivity index (χ1) is 12.7. The maximum Gasteiger partial charge on any atom is 2.00 e. The number of aromatic hydroxyl groups is 2. The van der Waals surface area contributed by atoms with Crippen LogP contribution in [-0.2, 0) is 27.5 Å². The van der Waals surface area contributed by atoms with Crippen LogP contribution in [0, 0.1) is 10.1 Å². The van der Waals surface area contributed by atoms with Gasteiger partial charge >= 0.3 is 17.4 Å². The summed E-state index contributed by atoms with van der Waals surface area (Å²) in [4.78, 5) is 8.99. The van der Waals surface area contributed by atoms with E-state index in [2.05, 4.69) is 10.2 Å². The molecule has 0 spiro atoms. The summed E-state index contributed by atoms with van der Waals surface area (Å²) in [7, 11) is -4.94. The normalized spacial score (nSPS) is 11.5. The smallest absolute Gasteiger partial charge is 0.506 e. The van der Waals surface area contributed by atoms with Gasteiger partial charge in [0.05, 0.1) is 4.92 Å². The minimum Gasteiger partial charge on any atom is -0.506 e. The number of phenolic OH excluding ortho intramolecular Hbond substituents is 2. The zero-order valence-corrected chi connectivity index (χ0v) is 15.8. The third-order valence-electron chi connectivity index (χ3n) is 3.67. The van der Waals surface area contributed by atoms with Gasteiger partial charge in [-0.1, -0.05) is 30.3 Å². The van der Waals surface area contributed by atoms with E-state index >= 15 is 0 Å². The molecule has 3 rings (SSSR count). The van der Waals surface area contributed by atoms with E-state index in [0.29, 0.717) is 11.5 Å². The fraction of sp³-hybridized carbons (Fsp3) is 0. The van der Waals surface area contributed by atoms with Crippen LogP contribution in [0.15, 0.2) is 63.7 Å². The van der Waals surface area contributed by atoms with Gasteiger partial charge in [0.1, 0.15) is 22.0 Å². The van der Waals surface area contributed by atoms with Gasteiger partial charge in [0, 0.05) is 17.5 Å². The van der Waals surface area contributed by atoms with E-state index in [-0.39, 0.29) is 28.8 Å². The Hall–Kier alpha value is -3.04. The minimum atomic E-state index is -4.94. The van der Waals surface area contributed by atoms with Crippen molar-refractivity contribution in [2.24, 2.45) is 10.2 Å². The van der Waals surface area contributed by atoms with E-state index in [1.54, 1.807) is 30.3 Å². The average molecular weight is 441 g/mol. The number of hydrogen-bond donors (Lipinski definition) is 3. The Bertz CT molecular complexity index is 1210. The van der Waals surface area contributed by atoms with Crippen molar-refractivity contribution < 1.29 is 45.5 Å². The van der Waals surface area contributed by atoms with Gasteiger partial charge in [-0.15, -0.1) is 10.2 Å². The summed E-state index contributed by atoms with van der Waals surface area (Å²) in [6, 6.07) is 11.2. The second-order valence-electron chi connectivity index (χ2n) is 5.40. The summed E-state index contributed by atoms with van der Waals surface area (Å²) in [5.41, 5.74) is -1.27. The number of benzene rings is 3. The van der Waals surface area contributed by atoms with Crippen molar-refractivity contribution in [1.29, 1.82) is 0 Å². The van der Waals surface area contributed by atoms with Crippen molar-refractivity contribution in [2.75, 3.05) is 0 Å². The van der Waals surface area contributed by atoms with Crippen molar-refractivity contribution in [2.45, 2.75) is 4.90 Å². The molecule has 0 radical (unpaired) electrons. The molecule has 142 valence electrons. The van der Waals surface area contributed by atoms with Crippen LogP contribution in [-0.4, -0.2) is 28.1 Å². The van der Waals surface area contributed by atoms with Gasteiger partial charge in [0.15, 0.2) is 5.75 Å². The number of nitrogens with zero attached hydrogens (tertiary/aromatic N) is 3.